The second-order valence-corrected chi connectivity index (χ2v) is 5.72. The van der Waals surface area contributed by atoms with Crippen LogP contribution in [0.15, 0.2) is 17.0 Å². The van der Waals surface area contributed by atoms with Crippen LogP contribution in [0.25, 0.3) is 0 Å². The summed E-state index contributed by atoms with van der Waals surface area (Å²) >= 11 is 2.66. The van der Waals surface area contributed by atoms with E-state index in [1.165, 1.54) is 28.1 Å². The summed E-state index contributed by atoms with van der Waals surface area (Å²) in [5.74, 6) is -1.07. The summed E-state index contributed by atoms with van der Waals surface area (Å²) in [7, 11) is 0. The van der Waals surface area contributed by atoms with E-state index in [2.05, 4.69) is 20.6 Å². The largest absolute Gasteiger partial charge is 0.476 e. The average Bonchev–Trinajstić information content (AvgIpc) is 3.07. The Balaban J connectivity index is 1.81. The molecule has 106 valence electrons. The Bertz CT molecular complexity index is 597. The fourth-order valence-electron chi connectivity index (χ4n) is 1.40. The summed E-state index contributed by atoms with van der Waals surface area (Å²) < 4.78 is 0. The molecule has 3 N–H and O–H groups in total. The van der Waals surface area contributed by atoms with Gasteiger partial charge < -0.3 is 15.7 Å². The van der Waals surface area contributed by atoms with Crippen LogP contribution in [0.3, 0.4) is 0 Å². The zero-order valence-electron chi connectivity index (χ0n) is 10.5. The summed E-state index contributed by atoms with van der Waals surface area (Å²) in [4.78, 5) is 30.3. The van der Waals surface area contributed by atoms with Gasteiger partial charge in [0.1, 0.15) is 10.0 Å². The highest BCUT2D eigenvalue weighted by Crippen LogP contribution is 2.14. The number of thiazole rings is 2. The fraction of sp³-hybridized carbons (Fsp3) is 0.273. The van der Waals surface area contributed by atoms with Gasteiger partial charge in [-0.3, -0.25) is 0 Å². The van der Waals surface area contributed by atoms with Gasteiger partial charge in [-0.15, -0.1) is 22.7 Å². The Labute approximate surface area is 122 Å². The van der Waals surface area contributed by atoms with Gasteiger partial charge in [0.25, 0.3) is 0 Å². The predicted octanol–water partition coefficient (Wildman–Crippen LogP) is 1.86. The van der Waals surface area contributed by atoms with Crippen molar-refractivity contribution in [2.75, 3.05) is 0 Å². The second kappa shape index (κ2) is 6.44. The van der Waals surface area contributed by atoms with Crippen molar-refractivity contribution in [3.63, 3.8) is 0 Å². The van der Waals surface area contributed by atoms with Gasteiger partial charge in [0, 0.05) is 17.0 Å². The number of amides is 2. The molecule has 7 nitrogen and oxygen atoms in total. The molecule has 0 radical (unpaired) electrons. The number of nitrogens with one attached hydrogen (secondary N) is 2. The quantitative estimate of drug-likeness (QED) is 0.781. The van der Waals surface area contributed by atoms with E-state index in [0.29, 0.717) is 5.01 Å². The standard InChI is InChI=1S/C11H12N4O3S2/c1-6(9-12-2-3-19-9)14-11(18)13-4-8-15-7(5-20-8)10(16)17/h2-3,5-6H,4H2,1H3,(H,16,17)(H2,13,14,18). The topological polar surface area (TPSA) is 104 Å². The van der Waals surface area contributed by atoms with E-state index in [1.807, 2.05) is 12.3 Å². The highest BCUT2D eigenvalue weighted by atomic mass is 32.1. The molecule has 9 heteroatoms. The molecule has 2 amide bonds. The SMILES string of the molecule is CC(NC(=O)NCc1nc(C(=O)O)cs1)c1nccs1. The minimum atomic E-state index is -1.07. The van der Waals surface area contributed by atoms with Crippen molar-refractivity contribution < 1.29 is 14.7 Å². The van der Waals surface area contributed by atoms with Gasteiger partial charge in [-0.05, 0) is 6.92 Å². The molecule has 1 unspecified atom stereocenters. The number of hydrogen-bond acceptors (Lipinski definition) is 6. The van der Waals surface area contributed by atoms with E-state index in [4.69, 9.17) is 5.11 Å². The average molecular weight is 312 g/mol. The number of rotatable bonds is 5. The van der Waals surface area contributed by atoms with Crippen LogP contribution >= 0.6 is 22.7 Å². The normalized spacial score (nSPS) is 11.8. The molecule has 0 aliphatic rings. The third-order valence-electron chi connectivity index (χ3n) is 2.34. The van der Waals surface area contributed by atoms with E-state index in [1.54, 1.807) is 6.20 Å². The zero-order chi connectivity index (χ0) is 14.5. The Morgan fingerprint density at radius 3 is 2.85 bits per heavy atom. The fourth-order valence-corrected chi connectivity index (χ4v) is 2.76. The summed E-state index contributed by atoms with van der Waals surface area (Å²) in [6.07, 6.45) is 1.68. The lowest BCUT2D eigenvalue weighted by Gasteiger charge is -2.11. The van der Waals surface area contributed by atoms with E-state index >= 15 is 0 Å². The monoisotopic (exact) mass is 312 g/mol. The van der Waals surface area contributed by atoms with E-state index < -0.39 is 5.97 Å². The molecule has 0 fully saturated rings. The minimum Gasteiger partial charge on any atom is -0.476 e. The summed E-state index contributed by atoms with van der Waals surface area (Å²) in [5, 5.41) is 18.7. The maximum atomic E-state index is 11.7. The van der Waals surface area contributed by atoms with Crippen LogP contribution < -0.4 is 10.6 Å². The Kier molecular flexibility index (Phi) is 4.64. The maximum absolute atomic E-state index is 11.7. The Hall–Kier alpha value is -2.00. The van der Waals surface area contributed by atoms with Crippen molar-refractivity contribution in [2.45, 2.75) is 19.5 Å². The van der Waals surface area contributed by atoms with Crippen LogP contribution in [0.2, 0.25) is 0 Å². The molecule has 2 aromatic rings. The molecule has 2 aromatic heterocycles. The van der Waals surface area contributed by atoms with Gasteiger partial charge in [-0.1, -0.05) is 0 Å². The van der Waals surface area contributed by atoms with Gasteiger partial charge in [0.05, 0.1) is 12.6 Å². The third kappa shape index (κ3) is 3.75. The number of carbonyl (C=O) groups excluding carboxylic acids is 1. The second-order valence-electron chi connectivity index (χ2n) is 3.85. The van der Waals surface area contributed by atoms with Crippen molar-refractivity contribution in [1.82, 2.24) is 20.6 Å². The zero-order valence-corrected chi connectivity index (χ0v) is 12.1. The first-order chi connectivity index (χ1) is 9.56. The number of nitrogens with zero attached hydrogens (tertiary/aromatic N) is 2. The van der Waals surface area contributed by atoms with E-state index in [0.717, 1.165) is 5.01 Å². The summed E-state index contributed by atoms with van der Waals surface area (Å²) in [5.41, 5.74) is -0.0108. The van der Waals surface area contributed by atoms with Crippen molar-refractivity contribution in [1.29, 1.82) is 0 Å². The van der Waals surface area contributed by atoms with Crippen molar-refractivity contribution in [3.05, 3.63) is 32.7 Å². The van der Waals surface area contributed by atoms with Gasteiger partial charge in [-0.2, -0.15) is 0 Å². The summed E-state index contributed by atoms with van der Waals surface area (Å²) in [6.45, 7) is 2.03. The highest BCUT2D eigenvalue weighted by Gasteiger charge is 2.12. The number of carboxylic acid groups (broad SMARTS) is 1. The van der Waals surface area contributed by atoms with Crippen LogP contribution in [0, 0.1) is 0 Å². The van der Waals surface area contributed by atoms with Crippen molar-refractivity contribution in [3.8, 4) is 0 Å². The first-order valence-electron chi connectivity index (χ1n) is 5.67. The number of carbonyl (C=O) groups is 2. The smallest absolute Gasteiger partial charge is 0.355 e. The predicted molar refractivity (Wildman–Crippen MR) is 75.0 cm³/mol. The lowest BCUT2D eigenvalue weighted by molar-refractivity contribution is 0.0691. The van der Waals surface area contributed by atoms with E-state index in [-0.39, 0.29) is 24.3 Å². The maximum Gasteiger partial charge on any atom is 0.355 e. The highest BCUT2D eigenvalue weighted by molar-refractivity contribution is 7.10. The molecular formula is C11H12N4O3S2. The number of aromatic nitrogens is 2. The van der Waals surface area contributed by atoms with Gasteiger partial charge >= 0.3 is 12.0 Å². The summed E-state index contributed by atoms with van der Waals surface area (Å²) in [6, 6.07) is -0.527. The molecule has 0 bridgehead atoms. The third-order valence-corrected chi connectivity index (χ3v) is 4.15. The molecule has 2 heterocycles. The van der Waals surface area contributed by atoms with Gasteiger partial charge in [-0.25, -0.2) is 19.6 Å². The number of aromatic carboxylic acids is 1. The van der Waals surface area contributed by atoms with Crippen LogP contribution in [0.1, 0.15) is 33.5 Å². The number of hydrogen-bond donors (Lipinski definition) is 3. The minimum absolute atomic E-state index is 0.0108. The molecule has 0 spiro atoms. The first kappa shape index (κ1) is 14.4. The van der Waals surface area contributed by atoms with Crippen LogP contribution in [-0.2, 0) is 6.54 Å². The lowest BCUT2D eigenvalue weighted by Crippen LogP contribution is -2.36. The molecule has 20 heavy (non-hydrogen) atoms. The first-order valence-corrected chi connectivity index (χ1v) is 7.43. The van der Waals surface area contributed by atoms with Crippen molar-refractivity contribution >= 4 is 34.7 Å². The van der Waals surface area contributed by atoms with Crippen LogP contribution in [0.4, 0.5) is 4.79 Å². The van der Waals surface area contributed by atoms with Gasteiger partial charge in [0.2, 0.25) is 0 Å². The number of carboxylic acids is 1. The Morgan fingerprint density at radius 2 is 2.25 bits per heavy atom. The van der Waals surface area contributed by atoms with Gasteiger partial charge in [0.15, 0.2) is 5.69 Å². The van der Waals surface area contributed by atoms with Crippen LogP contribution in [0.5, 0.6) is 0 Å². The molecule has 0 saturated heterocycles. The van der Waals surface area contributed by atoms with Crippen LogP contribution in [-0.4, -0.2) is 27.1 Å². The van der Waals surface area contributed by atoms with E-state index in [9.17, 15) is 9.59 Å². The lowest BCUT2D eigenvalue weighted by atomic mass is 10.4. The molecule has 0 aliphatic carbocycles. The Morgan fingerprint density at radius 1 is 1.45 bits per heavy atom. The number of urea groups is 1. The molecular weight excluding hydrogens is 300 g/mol. The molecule has 0 aromatic carbocycles. The molecule has 0 saturated carbocycles. The molecule has 1 atom stereocenters. The van der Waals surface area contributed by atoms with Crippen molar-refractivity contribution in [2.24, 2.45) is 0 Å². The molecule has 2 rings (SSSR count). The molecule has 0 aliphatic heterocycles.